The number of ether oxygens (including phenoxy) is 1. The van der Waals surface area contributed by atoms with Crippen LogP contribution in [0.4, 0.5) is 10.1 Å². The number of nitrogens with one attached hydrogen (secondary N) is 1. The van der Waals surface area contributed by atoms with Crippen molar-refractivity contribution in [2.24, 2.45) is 0 Å². The summed E-state index contributed by atoms with van der Waals surface area (Å²) in [6.45, 7) is 0.147. The molecule has 1 atom stereocenters. The van der Waals surface area contributed by atoms with Crippen molar-refractivity contribution in [3.63, 3.8) is 0 Å². The van der Waals surface area contributed by atoms with Gasteiger partial charge in [-0.05, 0) is 54.7 Å². The highest BCUT2D eigenvalue weighted by atomic mass is 19.1. The monoisotopic (exact) mass is 328 g/mol. The van der Waals surface area contributed by atoms with Gasteiger partial charge in [0.05, 0.1) is 19.1 Å². The number of amides is 1. The lowest BCUT2D eigenvalue weighted by molar-refractivity contribution is -0.122. The molecule has 0 aliphatic heterocycles. The number of anilines is 1. The molecule has 2 aromatic carbocycles. The molecular weight excluding hydrogens is 307 g/mol. The molecule has 1 aliphatic carbocycles. The van der Waals surface area contributed by atoms with Crippen molar-refractivity contribution in [2.75, 3.05) is 12.3 Å². The van der Waals surface area contributed by atoms with E-state index in [0.717, 1.165) is 30.5 Å². The van der Waals surface area contributed by atoms with Gasteiger partial charge >= 0.3 is 0 Å². The van der Waals surface area contributed by atoms with E-state index in [2.05, 4.69) is 5.32 Å². The van der Waals surface area contributed by atoms with Crippen LogP contribution >= 0.6 is 0 Å². The van der Waals surface area contributed by atoms with Crippen molar-refractivity contribution in [3.05, 3.63) is 59.4 Å². The van der Waals surface area contributed by atoms with Gasteiger partial charge in [-0.25, -0.2) is 4.39 Å². The lowest BCUT2D eigenvalue weighted by Crippen LogP contribution is -2.31. The fourth-order valence-electron chi connectivity index (χ4n) is 3.07. The highest BCUT2D eigenvalue weighted by molar-refractivity contribution is 5.76. The SMILES string of the molecule is Nc1ccc2c(c1)CCCC2NC(=O)CCOc1ccccc1F. The molecule has 3 N–H and O–H groups in total. The van der Waals surface area contributed by atoms with Gasteiger partial charge in [-0.3, -0.25) is 4.79 Å². The standard InChI is InChI=1S/C19H21FN2O2/c20-16-5-1-2-7-18(16)24-11-10-19(23)22-17-6-3-4-13-12-14(21)8-9-15(13)17/h1-2,5,7-9,12,17H,3-4,6,10-11,21H2,(H,22,23). The maximum Gasteiger partial charge on any atom is 0.223 e. The third-order valence-electron chi connectivity index (χ3n) is 4.24. The quantitative estimate of drug-likeness (QED) is 0.827. The number of carbonyl (C=O) groups excluding carboxylic acids is 1. The Morgan fingerprint density at radius 3 is 2.96 bits per heavy atom. The van der Waals surface area contributed by atoms with E-state index in [4.69, 9.17) is 10.5 Å². The molecular formula is C19H21FN2O2. The van der Waals surface area contributed by atoms with E-state index in [1.54, 1.807) is 18.2 Å². The van der Waals surface area contributed by atoms with Crippen molar-refractivity contribution in [2.45, 2.75) is 31.7 Å². The highest BCUT2D eigenvalue weighted by Crippen LogP contribution is 2.31. The van der Waals surface area contributed by atoms with Gasteiger partial charge in [0.15, 0.2) is 11.6 Å². The topological polar surface area (TPSA) is 64.3 Å². The Morgan fingerprint density at radius 1 is 1.29 bits per heavy atom. The normalized spacial score (nSPS) is 16.3. The smallest absolute Gasteiger partial charge is 0.223 e. The van der Waals surface area contributed by atoms with Gasteiger partial charge in [0.25, 0.3) is 0 Å². The fourth-order valence-corrected chi connectivity index (χ4v) is 3.07. The van der Waals surface area contributed by atoms with Crippen molar-refractivity contribution >= 4 is 11.6 Å². The van der Waals surface area contributed by atoms with E-state index in [-0.39, 0.29) is 30.7 Å². The number of para-hydroxylation sites is 1. The maximum absolute atomic E-state index is 13.4. The summed E-state index contributed by atoms with van der Waals surface area (Å²) in [4.78, 5) is 12.2. The first kappa shape index (κ1) is 16.3. The maximum atomic E-state index is 13.4. The van der Waals surface area contributed by atoms with Crippen molar-refractivity contribution in [3.8, 4) is 5.75 Å². The lowest BCUT2D eigenvalue weighted by Gasteiger charge is -2.26. The first-order valence-electron chi connectivity index (χ1n) is 8.18. The van der Waals surface area contributed by atoms with Crippen LogP contribution in [0.15, 0.2) is 42.5 Å². The molecule has 2 aromatic rings. The van der Waals surface area contributed by atoms with Gasteiger partial charge < -0.3 is 15.8 Å². The molecule has 1 unspecified atom stereocenters. The molecule has 0 fully saturated rings. The van der Waals surface area contributed by atoms with Crippen LogP contribution in [0.1, 0.15) is 36.4 Å². The van der Waals surface area contributed by atoms with Gasteiger partial charge in [0.2, 0.25) is 5.91 Å². The van der Waals surface area contributed by atoms with Crippen molar-refractivity contribution in [1.82, 2.24) is 5.32 Å². The molecule has 24 heavy (non-hydrogen) atoms. The Morgan fingerprint density at radius 2 is 2.12 bits per heavy atom. The van der Waals surface area contributed by atoms with Crippen LogP contribution in [0.3, 0.4) is 0 Å². The largest absolute Gasteiger partial charge is 0.490 e. The molecule has 0 heterocycles. The number of fused-ring (bicyclic) bond motifs is 1. The summed E-state index contributed by atoms with van der Waals surface area (Å²) >= 11 is 0. The first-order chi connectivity index (χ1) is 11.6. The molecule has 1 amide bonds. The molecule has 0 saturated heterocycles. The van der Waals surface area contributed by atoms with Gasteiger partial charge in [0, 0.05) is 5.69 Å². The predicted molar refractivity (Wildman–Crippen MR) is 91.2 cm³/mol. The molecule has 0 aromatic heterocycles. The Labute approximate surface area is 140 Å². The minimum Gasteiger partial charge on any atom is -0.490 e. The molecule has 3 rings (SSSR count). The second-order valence-corrected chi connectivity index (χ2v) is 6.00. The van der Waals surface area contributed by atoms with Crippen molar-refractivity contribution in [1.29, 1.82) is 0 Å². The minimum absolute atomic E-state index is 0.00955. The van der Waals surface area contributed by atoms with Crippen LogP contribution in [-0.2, 0) is 11.2 Å². The van der Waals surface area contributed by atoms with Gasteiger partial charge in [0.1, 0.15) is 0 Å². The number of aryl methyl sites for hydroxylation is 1. The number of nitrogen functional groups attached to an aromatic ring is 1. The van der Waals surface area contributed by atoms with Crippen LogP contribution in [0, 0.1) is 5.82 Å². The molecule has 0 bridgehead atoms. The minimum atomic E-state index is -0.420. The van der Waals surface area contributed by atoms with Crippen LogP contribution in [-0.4, -0.2) is 12.5 Å². The summed E-state index contributed by atoms with van der Waals surface area (Å²) in [5.74, 6) is -0.346. The van der Waals surface area contributed by atoms with Crippen LogP contribution < -0.4 is 15.8 Å². The first-order valence-corrected chi connectivity index (χ1v) is 8.18. The zero-order chi connectivity index (χ0) is 16.9. The number of benzene rings is 2. The number of hydrogen-bond acceptors (Lipinski definition) is 3. The Balaban J connectivity index is 1.54. The number of carbonyl (C=O) groups is 1. The summed E-state index contributed by atoms with van der Waals surface area (Å²) in [6.07, 6.45) is 3.11. The van der Waals surface area contributed by atoms with Crippen molar-refractivity contribution < 1.29 is 13.9 Å². The summed E-state index contributed by atoms with van der Waals surface area (Å²) in [5, 5.41) is 3.04. The van der Waals surface area contributed by atoms with Gasteiger partial charge in [-0.15, -0.1) is 0 Å². The fraction of sp³-hybridized carbons (Fsp3) is 0.316. The zero-order valence-electron chi connectivity index (χ0n) is 13.4. The average molecular weight is 328 g/mol. The summed E-state index contributed by atoms with van der Waals surface area (Å²) < 4.78 is 18.8. The van der Waals surface area contributed by atoms with E-state index in [1.807, 2.05) is 18.2 Å². The van der Waals surface area contributed by atoms with E-state index in [1.165, 1.54) is 11.6 Å². The Hall–Kier alpha value is -2.56. The number of halogens is 1. The van der Waals surface area contributed by atoms with E-state index in [0.29, 0.717) is 0 Å². The van der Waals surface area contributed by atoms with Gasteiger partial charge in [-0.2, -0.15) is 0 Å². The molecule has 5 heteroatoms. The molecule has 4 nitrogen and oxygen atoms in total. The Bertz CT molecular complexity index is 733. The van der Waals surface area contributed by atoms with Crippen LogP contribution in [0.5, 0.6) is 5.75 Å². The zero-order valence-corrected chi connectivity index (χ0v) is 13.4. The predicted octanol–water partition coefficient (Wildman–Crippen LogP) is 3.37. The summed E-state index contributed by atoms with van der Waals surface area (Å²) in [7, 11) is 0. The molecule has 0 spiro atoms. The number of hydrogen-bond donors (Lipinski definition) is 2. The molecule has 126 valence electrons. The number of rotatable bonds is 5. The van der Waals surface area contributed by atoms with Crippen LogP contribution in [0.25, 0.3) is 0 Å². The number of nitrogens with two attached hydrogens (primary N) is 1. The molecule has 0 saturated carbocycles. The molecule has 1 aliphatic rings. The van der Waals surface area contributed by atoms with E-state index < -0.39 is 5.82 Å². The van der Waals surface area contributed by atoms with E-state index in [9.17, 15) is 9.18 Å². The molecule has 0 radical (unpaired) electrons. The summed E-state index contributed by atoms with van der Waals surface area (Å²) in [5.41, 5.74) is 8.92. The second kappa shape index (κ2) is 7.34. The Kier molecular flexibility index (Phi) is 4.99. The highest BCUT2D eigenvalue weighted by Gasteiger charge is 2.21. The third kappa shape index (κ3) is 3.85. The van der Waals surface area contributed by atoms with E-state index >= 15 is 0 Å². The van der Waals surface area contributed by atoms with Crippen LogP contribution in [0.2, 0.25) is 0 Å². The van der Waals surface area contributed by atoms with Gasteiger partial charge in [-0.1, -0.05) is 18.2 Å². The lowest BCUT2D eigenvalue weighted by atomic mass is 9.87. The third-order valence-corrected chi connectivity index (χ3v) is 4.24. The summed E-state index contributed by atoms with van der Waals surface area (Å²) in [6, 6.07) is 12.0. The second-order valence-electron chi connectivity index (χ2n) is 6.00. The average Bonchev–Trinajstić information content (AvgIpc) is 2.56.